The number of carbonyl (C=O) groups excluding carboxylic acids is 2. The molecular formula is C13H13ClN2O4S. The van der Waals surface area contributed by atoms with Crippen LogP contribution in [0.4, 0.5) is 5.69 Å². The highest BCUT2D eigenvalue weighted by Crippen LogP contribution is 2.33. The van der Waals surface area contributed by atoms with Crippen molar-refractivity contribution in [3.05, 3.63) is 29.3 Å². The Balaban J connectivity index is 2.10. The molecule has 2 rings (SSSR count). The second-order valence-electron chi connectivity index (χ2n) is 4.49. The summed E-state index contributed by atoms with van der Waals surface area (Å²) in [6.07, 6.45) is 0.0149. The predicted octanol–water partition coefficient (Wildman–Crippen LogP) is 1.12. The quantitative estimate of drug-likeness (QED) is 0.785. The number of nitrogens with two attached hydrogens (primary N) is 1. The second-order valence-corrected chi connectivity index (χ2v) is 6.13. The van der Waals surface area contributed by atoms with Crippen molar-refractivity contribution in [2.75, 3.05) is 10.7 Å². The van der Waals surface area contributed by atoms with Gasteiger partial charge in [0.15, 0.2) is 0 Å². The molecule has 0 radical (unpaired) electrons. The Labute approximate surface area is 130 Å². The molecule has 6 nitrogen and oxygen atoms in total. The van der Waals surface area contributed by atoms with Gasteiger partial charge in [0.1, 0.15) is 6.04 Å². The molecule has 2 atom stereocenters. The molecule has 1 aliphatic rings. The summed E-state index contributed by atoms with van der Waals surface area (Å²) in [6, 6.07) is 5.51. The van der Waals surface area contributed by atoms with Crippen LogP contribution >= 0.6 is 23.4 Å². The minimum atomic E-state index is -1.14. The maximum atomic E-state index is 12.3. The van der Waals surface area contributed by atoms with Crippen LogP contribution in [0.15, 0.2) is 24.3 Å². The predicted molar refractivity (Wildman–Crippen MR) is 80.4 cm³/mol. The monoisotopic (exact) mass is 328 g/mol. The summed E-state index contributed by atoms with van der Waals surface area (Å²) < 4.78 is 0. The lowest BCUT2D eigenvalue weighted by Gasteiger charge is -2.16. The first-order valence-electron chi connectivity index (χ1n) is 6.13. The summed E-state index contributed by atoms with van der Waals surface area (Å²) in [5, 5.41) is 8.41. The third-order valence-corrected chi connectivity index (χ3v) is 4.63. The third-order valence-electron chi connectivity index (χ3n) is 2.99. The van der Waals surface area contributed by atoms with Gasteiger partial charge in [-0.3, -0.25) is 14.4 Å². The molecule has 0 aliphatic carbocycles. The van der Waals surface area contributed by atoms with Crippen LogP contribution < -0.4 is 10.6 Å². The van der Waals surface area contributed by atoms with Crippen molar-refractivity contribution in [2.45, 2.75) is 17.7 Å². The van der Waals surface area contributed by atoms with Crippen LogP contribution in [-0.2, 0) is 14.4 Å². The number of hydrogen-bond acceptors (Lipinski definition) is 5. The summed E-state index contributed by atoms with van der Waals surface area (Å²) in [4.78, 5) is 36.0. The minimum Gasteiger partial charge on any atom is -0.480 e. The number of amides is 2. The number of thioether (sulfide) groups is 1. The van der Waals surface area contributed by atoms with E-state index < -0.39 is 23.2 Å². The van der Waals surface area contributed by atoms with E-state index in [1.165, 1.54) is 0 Å². The molecule has 21 heavy (non-hydrogen) atoms. The molecule has 2 amide bonds. The highest BCUT2D eigenvalue weighted by atomic mass is 35.5. The van der Waals surface area contributed by atoms with E-state index in [0.717, 1.165) is 16.7 Å². The zero-order valence-electron chi connectivity index (χ0n) is 10.9. The molecule has 1 saturated heterocycles. The molecule has 0 saturated carbocycles. The number of benzene rings is 1. The van der Waals surface area contributed by atoms with E-state index in [0.29, 0.717) is 10.7 Å². The van der Waals surface area contributed by atoms with Crippen molar-refractivity contribution in [1.29, 1.82) is 0 Å². The highest BCUT2D eigenvalue weighted by Gasteiger charge is 2.40. The molecule has 112 valence electrons. The number of nitrogens with zero attached hydrogens (tertiary/aromatic N) is 1. The van der Waals surface area contributed by atoms with E-state index in [2.05, 4.69) is 0 Å². The van der Waals surface area contributed by atoms with Crippen molar-refractivity contribution in [1.82, 2.24) is 0 Å². The van der Waals surface area contributed by atoms with Crippen molar-refractivity contribution in [3.63, 3.8) is 0 Å². The number of carboxylic acid groups (broad SMARTS) is 1. The molecule has 1 heterocycles. The lowest BCUT2D eigenvalue weighted by Crippen LogP contribution is -2.35. The Kier molecular flexibility index (Phi) is 4.87. The standard InChI is InChI=1S/C13H13ClN2O4S/c14-7-3-1-2-4-9(7)16-11(17)5-10(12(16)18)21-6-8(15)13(19)20/h1-4,8,10H,5-6,15H2,(H,19,20)/t8-,10-/m1/s1. The molecule has 1 aromatic carbocycles. The average Bonchev–Trinajstić information content (AvgIpc) is 2.71. The lowest BCUT2D eigenvalue weighted by molar-refractivity contribution is -0.138. The maximum Gasteiger partial charge on any atom is 0.321 e. The van der Waals surface area contributed by atoms with Gasteiger partial charge in [-0.15, -0.1) is 11.8 Å². The number of hydrogen-bond donors (Lipinski definition) is 2. The van der Waals surface area contributed by atoms with E-state index >= 15 is 0 Å². The topological polar surface area (TPSA) is 101 Å². The fourth-order valence-electron chi connectivity index (χ4n) is 1.91. The molecule has 1 aromatic rings. The maximum absolute atomic E-state index is 12.3. The van der Waals surface area contributed by atoms with Crippen LogP contribution in [-0.4, -0.2) is 39.9 Å². The van der Waals surface area contributed by atoms with Crippen LogP contribution in [0, 0.1) is 0 Å². The van der Waals surface area contributed by atoms with Crippen LogP contribution in [0.25, 0.3) is 0 Å². The number of para-hydroxylation sites is 1. The zero-order valence-corrected chi connectivity index (χ0v) is 12.4. The second kappa shape index (κ2) is 6.46. The summed E-state index contributed by atoms with van der Waals surface area (Å²) in [7, 11) is 0. The first kappa shape index (κ1) is 15.8. The Morgan fingerprint density at radius 3 is 2.76 bits per heavy atom. The molecule has 3 N–H and O–H groups in total. The largest absolute Gasteiger partial charge is 0.480 e. The Hall–Kier alpha value is -1.57. The number of rotatable bonds is 5. The summed E-state index contributed by atoms with van der Waals surface area (Å²) in [5.41, 5.74) is 5.74. The first-order chi connectivity index (χ1) is 9.91. The number of carbonyl (C=O) groups is 3. The molecule has 1 fully saturated rings. The number of aliphatic carboxylic acids is 1. The van der Waals surface area contributed by atoms with Crippen molar-refractivity contribution in [3.8, 4) is 0 Å². The number of anilines is 1. The first-order valence-corrected chi connectivity index (χ1v) is 7.55. The summed E-state index contributed by atoms with van der Waals surface area (Å²) in [5.74, 6) is -1.82. The summed E-state index contributed by atoms with van der Waals surface area (Å²) in [6.45, 7) is 0. The van der Waals surface area contributed by atoms with Gasteiger partial charge in [-0.25, -0.2) is 4.90 Å². The zero-order chi connectivity index (χ0) is 15.6. The van der Waals surface area contributed by atoms with E-state index in [4.69, 9.17) is 22.4 Å². The molecule has 8 heteroatoms. The van der Waals surface area contributed by atoms with E-state index in [9.17, 15) is 14.4 Å². The number of halogens is 1. The number of imide groups is 1. The van der Waals surface area contributed by atoms with Gasteiger partial charge in [-0.1, -0.05) is 23.7 Å². The number of carboxylic acids is 1. The van der Waals surface area contributed by atoms with Gasteiger partial charge in [0.2, 0.25) is 11.8 Å². The van der Waals surface area contributed by atoms with Gasteiger partial charge < -0.3 is 10.8 Å². The smallest absolute Gasteiger partial charge is 0.321 e. The van der Waals surface area contributed by atoms with Crippen LogP contribution in [0.3, 0.4) is 0 Å². The van der Waals surface area contributed by atoms with Gasteiger partial charge in [-0.2, -0.15) is 0 Å². The van der Waals surface area contributed by atoms with E-state index in [1.807, 2.05) is 0 Å². The molecular weight excluding hydrogens is 316 g/mol. The Morgan fingerprint density at radius 1 is 1.48 bits per heavy atom. The fourth-order valence-corrected chi connectivity index (χ4v) is 3.22. The Morgan fingerprint density at radius 2 is 2.14 bits per heavy atom. The summed E-state index contributed by atoms with van der Waals surface area (Å²) >= 11 is 7.08. The van der Waals surface area contributed by atoms with Crippen molar-refractivity contribution < 1.29 is 19.5 Å². The van der Waals surface area contributed by atoms with E-state index in [1.54, 1.807) is 24.3 Å². The molecule has 0 spiro atoms. The molecule has 0 aromatic heterocycles. The lowest BCUT2D eigenvalue weighted by atomic mass is 10.3. The minimum absolute atomic E-state index is 0.0149. The highest BCUT2D eigenvalue weighted by molar-refractivity contribution is 8.00. The molecule has 0 unspecified atom stereocenters. The molecule has 0 bridgehead atoms. The van der Waals surface area contributed by atoms with Gasteiger partial charge in [0.25, 0.3) is 0 Å². The van der Waals surface area contributed by atoms with Gasteiger partial charge in [-0.05, 0) is 12.1 Å². The van der Waals surface area contributed by atoms with Gasteiger partial charge in [0.05, 0.1) is 16.0 Å². The van der Waals surface area contributed by atoms with Crippen LogP contribution in [0.2, 0.25) is 5.02 Å². The fraction of sp³-hybridized carbons (Fsp3) is 0.308. The normalized spacial score (nSPS) is 19.9. The van der Waals surface area contributed by atoms with Crippen molar-refractivity contribution >= 4 is 46.8 Å². The SMILES string of the molecule is N[C@H](CS[C@@H]1CC(=O)N(c2ccccc2Cl)C1=O)C(=O)O. The van der Waals surface area contributed by atoms with Gasteiger partial charge >= 0.3 is 5.97 Å². The molecule has 1 aliphatic heterocycles. The van der Waals surface area contributed by atoms with Crippen molar-refractivity contribution in [2.24, 2.45) is 5.73 Å². The van der Waals surface area contributed by atoms with Crippen LogP contribution in [0.5, 0.6) is 0 Å². The average molecular weight is 329 g/mol. The third kappa shape index (κ3) is 3.37. The van der Waals surface area contributed by atoms with Gasteiger partial charge in [0, 0.05) is 12.2 Å². The van der Waals surface area contributed by atoms with Crippen LogP contribution in [0.1, 0.15) is 6.42 Å². The Bertz CT molecular complexity index is 595. The van der Waals surface area contributed by atoms with E-state index in [-0.39, 0.29) is 18.1 Å².